The Labute approximate surface area is 128 Å². The van der Waals surface area contributed by atoms with Crippen LogP contribution >= 0.6 is 0 Å². The van der Waals surface area contributed by atoms with E-state index in [1.807, 2.05) is 37.3 Å². The molecule has 0 aliphatic carbocycles. The van der Waals surface area contributed by atoms with Crippen LogP contribution in [0.3, 0.4) is 0 Å². The Hall–Kier alpha value is -2.56. The predicted octanol–water partition coefficient (Wildman–Crippen LogP) is 3.28. The first-order valence-corrected chi connectivity index (χ1v) is 7.12. The van der Waals surface area contributed by atoms with Crippen LogP contribution in [0.15, 0.2) is 42.5 Å². The fourth-order valence-corrected chi connectivity index (χ4v) is 2.68. The van der Waals surface area contributed by atoms with Crippen molar-refractivity contribution in [2.24, 2.45) is 0 Å². The topological polar surface area (TPSA) is 55.6 Å². The van der Waals surface area contributed by atoms with Crippen molar-refractivity contribution in [3.8, 4) is 5.75 Å². The van der Waals surface area contributed by atoms with Crippen LogP contribution in [-0.4, -0.2) is 12.0 Å². The van der Waals surface area contributed by atoms with Gasteiger partial charge in [-0.05, 0) is 19.4 Å². The number of fused-ring (bicyclic) bond motifs is 1. The summed E-state index contributed by atoms with van der Waals surface area (Å²) in [4.78, 5) is 14.1. The van der Waals surface area contributed by atoms with E-state index in [4.69, 9.17) is 10.5 Å². The van der Waals surface area contributed by atoms with Gasteiger partial charge >= 0.3 is 0 Å². The number of nitrogen functional groups attached to an aromatic ring is 1. The molecule has 3 rings (SSSR count). The van der Waals surface area contributed by atoms with Crippen LogP contribution in [-0.2, 0) is 4.79 Å². The summed E-state index contributed by atoms with van der Waals surface area (Å²) >= 11 is 0. The SMILES string of the molecule is C[C@H]1Oc2cc(N)c(F)cc2N([C@@H](C)c2ccccc2)C1=O. The third-order valence-electron chi connectivity index (χ3n) is 3.90. The number of nitrogens with two attached hydrogens (primary N) is 1. The number of halogens is 1. The molecule has 22 heavy (non-hydrogen) atoms. The summed E-state index contributed by atoms with van der Waals surface area (Å²) in [6.45, 7) is 3.58. The first-order chi connectivity index (χ1) is 10.5. The lowest BCUT2D eigenvalue weighted by Gasteiger charge is -2.37. The molecule has 2 atom stereocenters. The smallest absolute Gasteiger partial charge is 0.268 e. The molecule has 2 aromatic rings. The molecule has 1 amide bonds. The average Bonchev–Trinajstić information content (AvgIpc) is 2.51. The standard InChI is InChI=1S/C17H17FN2O2/c1-10(12-6-4-3-5-7-12)20-15-8-13(18)14(19)9-16(15)22-11(2)17(20)21/h3-11H,19H2,1-2H3/t10-,11+/m0/s1. The summed E-state index contributed by atoms with van der Waals surface area (Å²) in [5, 5.41) is 0. The van der Waals surface area contributed by atoms with Crippen LogP contribution in [0.4, 0.5) is 15.8 Å². The Morgan fingerprint density at radius 2 is 1.95 bits per heavy atom. The Morgan fingerprint density at radius 3 is 2.64 bits per heavy atom. The van der Waals surface area contributed by atoms with E-state index in [9.17, 15) is 9.18 Å². The quantitative estimate of drug-likeness (QED) is 0.866. The van der Waals surface area contributed by atoms with Gasteiger partial charge in [-0.25, -0.2) is 4.39 Å². The molecule has 1 heterocycles. The zero-order chi connectivity index (χ0) is 15.9. The molecule has 0 bridgehead atoms. The third-order valence-corrected chi connectivity index (χ3v) is 3.90. The lowest BCUT2D eigenvalue weighted by Crippen LogP contribution is -2.45. The highest BCUT2D eigenvalue weighted by Crippen LogP contribution is 2.41. The number of ether oxygens (including phenoxy) is 1. The van der Waals surface area contributed by atoms with Gasteiger partial charge in [0.1, 0.15) is 11.6 Å². The molecule has 114 valence electrons. The Balaban J connectivity index is 2.11. The molecule has 0 saturated heterocycles. The largest absolute Gasteiger partial charge is 0.479 e. The molecule has 0 unspecified atom stereocenters. The van der Waals surface area contributed by atoms with E-state index in [1.165, 1.54) is 12.1 Å². The minimum absolute atomic E-state index is 0.00705. The first-order valence-electron chi connectivity index (χ1n) is 7.12. The molecule has 1 aliphatic heterocycles. The highest BCUT2D eigenvalue weighted by Gasteiger charge is 2.35. The molecule has 0 aromatic heterocycles. The van der Waals surface area contributed by atoms with E-state index < -0.39 is 11.9 Å². The number of nitrogens with zero attached hydrogens (tertiary/aromatic N) is 1. The average molecular weight is 300 g/mol. The minimum atomic E-state index is -0.636. The maximum atomic E-state index is 13.9. The number of benzene rings is 2. The number of amides is 1. The van der Waals surface area contributed by atoms with Gasteiger partial charge in [0.25, 0.3) is 5.91 Å². The second kappa shape index (κ2) is 5.33. The highest BCUT2D eigenvalue weighted by molar-refractivity contribution is 6.00. The van der Waals surface area contributed by atoms with Crippen molar-refractivity contribution in [1.82, 2.24) is 0 Å². The van der Waals surface area contributed by atoms with Crippen LogP contribution in [0.2, 0.25) is 0 Å². The van der Waals surface area contributed by atoms with Crippen LogP contribution in [0, 0.1) is 5.82 Å². The number of carbonyl (C=O) groups excluding carboxylic acids is 1. The summed E-state index contributed by atoms with van der Waals surface area (Å²) in [7, 11) is 0. The molecular weight excluding hydrogens is 283 g/mol. The van der Waals surface area contributed by atoms with E-state index in [0.29, 0.717) is 11.4 Å². The number of anilines is 2. The maximum Gasteiger partial charge on any atom is 0.268 e. The number of hydrogen-bond donors (Lipinski definition) is 1. The summed E-state index contributed by atoms with van der Waals surface area (Å²) in [6.07, 6.45) is -0.636. The molecular formula is C17H17FN2O2. The van der Waals surface area contributed by atoms with E-state index in [1.54, 1.807) is 11.8 Å². The second-order valence-corrected chi connectivity index (χ2v) is 5.40. The summed E-state index contributed by atoms with van der Waals surface area (Å²) in [5.41, 5.74) is 6.98. The Bertz CT molecular complexity index is 718. The molecule has 0 radical (unpaired) electrons. The zero-order valence-corrected chi connectivity index (χ0v) is 12.4. The van der Waals surface area contributed by atoms with Crippen LogP contribution in [0.25, 0.3) is 0 Å². The maximum absolute atomic E-state index is 13.9. The van der Waals surface area contributed by atoms with Crippen molar-refractivity contribution >= 4 is 17.3 Å². The van der Waals surface area contributed by atoms with E-state index in [2.05, 4.69) is 0 Å². The molecule has 0 fully saturated rings. The highest BCUT2D eigenvalue weighted by atomic mass is 19.1. The minimum Gasteiger partial charge on any atom is -0.479 e. The molecule has 0 spiro atoms. The van der Waals surface area contributed by atoms with Gasteiger partial charge in [-0.2, -0.15) is 0 Å². The molecule has 2 aromatic carbocycles. The first kappa shape index (κ1) is 14.4. The second-order valence-electron chi connectivity index (χ2n) is 5.40. The van der Waals surface area contributed by atoms with Crippen molar-refractivity contribution in [2.75, 3.05) is 10.6 Å². The number of carbonyl (C=O) groups is 1. The fourth-order valence-electron chi connectivity index (χ4n) is 2.68. The monoisotopic (exact) mass is 300 g/mol. The molecule has 4 nitrogen and oxygen atoms in total. The fraction of sp³-hybridized carbons (Fsp3) is 0.235. The third kappa shape index (κ3) is 2.28. The number of rotatable bonds is 2. The van der Waals surface area contributed by atoms with Gasteiger partial charge in [-0.15, -0.1) is 0 Å². The van der Waals surface area contributed by atoms with E-state index in [-0.39, 0.29) is 17.6 Å². The van der Waals surface area contributed by atoms with Gasteiger partial charge in [0.05, 0.1) is 17.4 Å². The van der Waals surface area contributed by atoms with Crippen molar-refractivity contribution in [3.63, 3.8) is 0 Å². The van der Waals surface area contributed by atoms with Crippen molar-refractivity contribution in [1.29, 1.82) is 0 Å². The predicted molar refractivity (Wildman–Crippen MR) is 83.2 cm³/mol. The van der Waals surface area contributed by atoms with Crippen molar-refractivity contribution < 1.29 is 13.9 Å². The lowest BCUT2D eigenvalue weighted by atomic mass is 10.0. The zero-order valence-electron chi connectivity index (χ0n) is 12.4. The van der Waals surface area contributed by atoms with Crippen molar-refractivity contribution in [3.05, 3.63) is 53.8 Å². The van der Waals surface area contributed by atoms with Gasteiger partial charge in [0.15, 0.2) is 6.10 Å². The van der Waals surface area contributed by atoms with E-state index in [0.717, 1.165) is 5.56 Å². The normalized spacial score (nSPS) is 18.6. The Kier molecular flexibility index (Phi) is 3.48. The molecule has 5 heteroatoms. The van der Waals surface area contributed by atoms with Gasteiger partial charge in [0, 0.05) is 12.1 Å². The van der Waals surface area contributed by atoms with Crippen LogP contribution in [0.1, 0.15) is 25.5 Å². The number of hydrogen-bond acceptors (Lipinski definition) is 3. The molecule has 0 saturated carbocycles. The molecule has 2 N–H and O–H groups in total. The summed E-state index contributed by atoms with van der Waals surface area (Å²) < 4.78 is 19.4. The summed E-state index contributed by atoms with van der Waals surface area (Å²) in [5.74, 6) is -0.336. The van der Waals surface area contributed by atoms with Crippen LogP contribution in [0.5, 0.6) is 5.75 Å². The van der Waals surface area contributed by atoms with Gasteiger partial charge in [0.2, 0.25) is 0 Å². The summed E-state index contributed by atoms with van der Waals surface area (Å²) in [6, 6.07) is 12.0. The van der Waals surface area contributed by atoms with Gasteiger partial charge < -0.3 is 10.5 Å². The molecule has 1 aliphatic rings. The Morgan fingerprint density at radius 1 is 1.27 bits per heavy atom. The van der Waals surface area contributed by atoms with Gasteiger partial charge in [-0.3, -0.25) is 9.69 Å². The van der Waals surface area contributed by atoms with Gasteiger partial charge in [-0.1, -0.05) is 30.3 Å². The van der Waals surface area contributed by atoms with Crippen LogP contribution < -0.4 is 15.4 Å². The van der Waals surface area contributed by atoms with E-state index >= 15 is 0 Å². The van der Waals surface area contributed by atoms with Crippen molar-refractivity contribution in [2.45, 2.75) is 26.0 Å². The lowest BCUT2D eigenvalue weighted by molar-refractivity contribution is -0.126.